The molecule has 0 fully saturated rings. The third-order valence-electron chi connectivity index (χ3n) is 4.47. The Morgan fingerprint density at radius 2 is 1.77 bits per heavy atom. The van der Waals surface area contributed by atoms with Crippen LogP contribution in [-0.4, -0.2) is 40.8 Å². The summed E-state index contributed by atoms with van der Waals surface area (Å²) in [6.45, 7) is 7.52. The Labute approximate surface area is 186 Å². The highest BCUT2D eigenvalue weighted by atomic mass is 35.5. The van der Waals surface area contributed by atoms with E-state index in [0.29, 0.717) is 59.2 Å². The summed E-state index contributed by atoms with van der Waals surface area (Å²) in [5.74, 6) is 1.68. The average Bonchev–Trinajstić information content (AvgIpc) is 3.23. The van der Waals surface area contributed by atoms with Gasteiger partial charge in [-0.25, -0.2) is 0 Å². The lowest BCUT2D eigenvalue weighted by Crippen LogP contribution is -2.31. The van der Waals surface area contributed by atoms with Gasteiger partial charge in [-0.05, 0) is 50.6 Å². The van der Waals surface area contributed by atoms with Gasteiger partial charge in [0.1, 0.15) is 0 Å². The first-order chi connectivity index (χ1) is 15.1. The number of hydrogen-bond donors (Lipinski definition) is 0. The predicted molar refractivity (Wildman–Crippen MR) is 119 cm³/mol. The first-order valence-electron chi connectivity index (χ1n) is 10.3. The summed E-state index contributed by atoms with van der Waals surface area (Å²) in [5, 5.41) is 8.72. The lowest BCUT2D eigenvalue weighted by Gasteiger charge is -2.21. The van der Waals surface area contributed by atoms with Gasteiger partial charge < -0.3 is 18.8 Å². The van der Waals surface area contributed by atoms with Crippen LogP contribution in [0.25, 0.3) is 11.5 Å². The molecule has 1 aromatic heterocycles. The first-order valence-corrected chi connectivity index (χ1v) is 10.7. The SMILES string of the molecule is CCCN(Cc1nnc(-c2ccccc2Cl)o1)C(=O)c1ccc(OCC)c(OCC)c1. The van der Waals surface area contributed by atoms with Crippen LogP contribution in [-0.2, 0) is 6.54 Å². The van der Waals surface area contributed by atoms with E-state index in [9.17, 15) is 4.79 Å². The summed E-state index contributed by atoms with van der Waals surface area (Å²) in [6.07, 6.45) is 0.784. The van der Waals surface area contributed by atoms with Crippen LogP contribution in [0.1, 0.15) is 43.4 Å². The van der Waals surface area contributed by atoms with Gasteiger partial charge in [0.05, 0.1) is 30.3 Å². The molecule has 1 amide bonds. The fraction of sp³-hybridized carbons (Fsp3) is 0.348. The highest BCUT2D eigenvalue weighted by Crippen LogP contribution is 2.30. The van der Waals surface area contributed by atoms with Crippen LogP contribution in [0.15, 0.2) is 46.9 Å². The van der Waals surface area contributed by atoms with Gasteiger partial charge in [-0.2, -0.15) is 0 Å². The van der Waals surface area contributed by atoms with Crippen molar-refractivity contribution in [3.05, 3.63) is 58.9 Å². The maximum Gasteiger partial charge on any atom is 0.254 e. The Balaban J connectivity index is 1.82. The average molecular weight is 444 g/mol. The number of hydrogen-bond acceptors (Lipinski definition) is 6. The minimum atomic E-state index is -0.150. The highest BCUT2D eigenvalue weighted by molar-refractivity contribution is 6.33. The van der Waals surface area contributed by atoms with Crippen LogP contribution in [0.4, 0.5) is 0 Å². The molecule has 31 heavy (non-hydrogen) atoms. The lowest BCUT2D eigenvalue weighted by molar-refractivity contribution is 0.0728. The molecule has 0 saturated carbocycles. The molecular weight excluding hydrogens is 418 g/mol. The zero-order valence-electron chi connectivity index (χ0n) is 17.9. The van der Waals surface area contributed by atoms with Crippen LogP contribution >= 0.6 is 11.6 Å². The summed E-state index contributed by atoms with van der Waals surface area (Å²) in [5.41, 5.74) is 1.16. The number of halogens is 1. The largest absolute Gasteiger partial charge is 0.490 e. The van der Waals surface area contributed by atoms with Crippen LogP contribution in [0.2, 0.25) is 5.02 Å². The number of nitrogens with zero attached hydrogens (tertiary/aromatic N) is 3. The van der Waals surface area contributed by atoms with Crippen LogP contribution in [0.5, 0.6) is 11.5 Å². The van der Waals surface area contributed by atoms with Crippen molar-refractivity contribution in [2.24, 2.45) is 0 Å². The second-order valence-electron chi connectivity index (χ2n) is 6.74. The van der Waals surface area contributed by atoms with E-state index >= 15 is 0 Å². The first kappa shape index (κ1) is 22.6. The van der Waals surface area contributed by atoms with Gasteiger partial charge in [0.2, 0.25) is 11.8 Å². The van der Waals surface area contributed by atoms with Crippen LogP contribution < -0.4 is 9.47 Å². The van der Waals surface area contributed by atoms with Gasteiger partial charge in [-0.15, -0.1) is 10.2 Å². The highest BCUT2D eigenvalue weighted by Gasteiger charge is 2.21. The van der Waals surface area contributed by atoms with E-state index in [1.165, 1.54) is 0 Å². The normalized spacial score (nSPS) is 10.7. The van der Waals surface area contributed by atoms with Gasteiger partial charge in [0.25, 0.3) is 5.91 Å². The van der Waals surface area contributed by atoms with Crippen molar-refractivity contribution < 1.29 is 18.7 Å². The molecule has 0 aliphatic heterocycles. The molecule has 0 N–H and O–H groups in total. The number of rotatable bonds is 10. The zero-order chi connectivity index (χ0) is 22.2. The number of ether oxygens (including phenoxy) is 2. The summed E-state index contributed by atoms with van der Waals surface area (Å²) < 4.78 is 17.0. The minimum Gasteiger partial charge on any atom is -0.490 e. The summed E-state index contributed by atoms with van der Waals surface area (Å²) in [4.78, 5) is 14.9. The molecule has 3 aromatic rings. The summed E-state index contributed by atoms with van der Waals surface area (Å²) in [6, 6.07) is 12.5. The van der Waals surface area contributed by atoms with E-state index in [1.54, 1.807) is 29.2 Å². The number of aromatic nitrogens is 2. The Morgan fingerprint density at radius 1 is 1.03 bits per heavy atom. The molecule has 0 aliphatic rings. The molecule has 3 rings (SSSR count). The topological polar surface area (TPSA) is 77.7 Å². The fourth-order valence-corrected chi connectivity index (χ4v) is 3.33. The molecule has 0 atom stereocenters. The van der Waals surface area contributed by atoms with E-state index in [1.807, 2.05) is 39.0 Å². The molecule has 164 valence electrons. The van der Waals surface area contributed by atoms with Gasteiger partial charge in [-0.3, -0.25) is 4.79 Å². The second kappa shape index (κ2) is 10.8. The van der Waals surface area contributed by atoms with Crippen molar-refractivity contribution in [3.8, 4) is 23.0 Å². The maximum atomic E-state index is 13.2. The molecule has 7 nitrogen and oxygen atoms in total. The van der Waals surface area contributed by atoms with Gasteiger partial charge in [-0.1, -0.05) is 30.7 Å². The number of carbonyl (C=O) groups excluding carboxylic acids is 1. The fourth-order valence-electron chi connectivity index (χ4n) is 3.11. The summed E-state index contributed by atoms with van der Waals surface area (Å²) in [7, 11) is 0. The van der Waals surface area contributed by atoms with Crippen molar-refractivity contribution in [3.63, 3.8) is 0 Å². The molecule has 2 aromatic carbocycles. The third-order valence-corrected chi connectivity index (χ3v) is 4.80. The Morgan fingerprint density at radius 3 is 2.48 bits per heavy atom. The molecular formula is C23H26ClN3O4. The standard InChI is InChI=1S/C23H26ClN3O4/c1-4-13-27(15-21-25-26-22(31-21)17-9-7-8-10-18(17)24)23(28)16-11-12-19(29-5-2)20(14-16)30-6-3/h7-12,14H,4-6,13,15H2,1-3H3. The quantitative estimate of drug-likeness (QED) is 0.426. The number of amides is 1. The lowest BCUT2D eigenvalue weighted by atomic mass is 10.1. The molecule has 8 heteroatoms. The second-order valence-corrected chi connectivity index (χ2v) is 7.14. The Kier molecular flexibility index (Phi) is 7.89. The molecule has 0 bridgehead atoms. The van der Waals surface area contributed by atoms with Gasteiger partial charge >= 0.3 is 0 Å². The zero-order valence-corrected chi connectivity index (χ0v) is 18.7. The van der Waals surface area contributed by atoms with E-state index < -0.39 is 0 Å². The van der Waals surface area contributed by atoms with Crippen molar-refractivity contribution in [2.75, 3.05) is 19.8 Å². The van der Waals surface area contributed by atoms with E-state index in [2.05, 4.69) is 10.2 Å². The van der Waals surface area contributed by atoms with Crippen molar-refractivity contribution in [1.82, 2.24) is 15.1 Å². The molecule has 1 heterocycles. The Bertz CT molecular complexity index is 1020. The summed E-state index contributed by atoms with van der Waals surface area (Å²) >= 11 is 6.22. The monoisotopic (exact) mass is 443 g/mol. The third kappa shape index (κ3) is 5.55. The van der Waals surface area contributed by atoms with Gasteiger partial charge in [0.15, 0.2) is 11.5 Å². The molecule has 0 spiro atoms. The van der Waals surface area contributed by atoms with Crippen LogP contribution in [0.3, 0.4) is 0 Å². The maximum absolute atomic E-state index is 13.2. The minimum absolute atomic E-state index is 0.150. The predicted octanol–water partition coefficient (Wildman–Crippen LogP) is 5.24. The molecule has 0 aliphatic carbocycles. The van der Waals surface area contributed by atoms with Crippen molar-refractivity contribution in [1.29, 1.82) is 0 Å². The van der Waals surface area contributed by atoms with E-state index in [0.717, 1.165) is 6.42 Å². The Hall–Kier alpha value is -3.06. The molecule has 0 radical (unpaired) electrons. The number of carbonyl (C=O) groups is 1. The van der Waals surface area contributed by atoms with Crippen molar-refractivity contribution >= 4 is 17.5 Å². The van der Waals surface area contributed by atoms with E-state index in [4.69, 9.17) is 25.5 Å². The van der Waals surface area contributed by atoms with E-state index in [-0.39, 0.29) is 12.5 Å². The molecule has 0 unspecified atom stereocenters. The van der Waals surface area contributed by atoms with Crippen molar-refractivity contribution in [2.45, 2.75) is 33.7 Å². The number of benzene rings is 2. The molecule has 0 saturated heterocycles. The smallest absolute Gasteiger partial charge is 0.254 e. The van der Waals surface area contributed by atoms with Crippen LogP contribution in [0, 0.1) is 0 Å². The van der Waals surface area contributed by atoms with Gasteiger partial charge in [0, 0.05) is 12.1 Å².